The van der Waals surface area contributed by atoms with E-state index in [0.717, 1.165) is 24.8 Å². The number of ether oxygens (including phenoxy) is 2. The van der Waals surface area contributed by atoms with Gasteiger partial charge in [0, 0.05) is 12.1 Å². The third kappa shape index (κ3) is 11.2. The molecule has 184 valence electrons. The number of alkyl carbamates (subject to hydrolysis) is 1. The molecular weight excluding hydrogens is 424 g/mol. The van der Waals surface area contributed by atoms with Crippen molar-refractivity contribution in [2.75, 3.05) is 7.11 Å². The Morgan fingerprint density at radius 1 is 0.939 bits per heavy atom. The van der Waals surface area contributed by atoms with E-state index >= 15 is 0 Å². The fourth-order valence-corrected chi connectivity index (χ4v) is 4.29. The summed E-state index contributed by atoms with van der Waals surface area (Å²) < 4.78 is 9.29. The number of esters is 1. The number of rotatable bonds is 8. The second kappa shape index (κ2) is 15.3. The first-order valence-electron chi connectivity index (χ1n) is 12.0. The van der Waals surface area contributed by atoms with Crippen molar-refractivity contribution in [1.29, 1.82) is 0 Å². The highest BCUT2D eigenvalue weighted by Gasteiger charge is 2.25. The minimum atomic E-state index is -1.28. The van der Waals surface area contributed by atoms with Crippen molar-refractivity contribution >= 4 is 18.0 Å². The molecule has 0 aromatic heterocycles. The van der Waals surface area contributed by atoms with Crippen LogP contribution in [-0.2, 0) is 25.7 Å². The Morgan fingerprint density at radius 3 is 1.97 bits per heavy atom. The molecule has 0 radical (unpaired) electrons. The predicted molar refractivity (Wildman–Crippen MR) is 125 cm³/mol. The summed E-state index contributed by atoms with van der Waals surface area (Å²) in [6.07, 6.45) is 13.1. The lowest BCUT2D eigenvalue weighted by atomic mass is 9.91. The maximum atomic E-state index is 11.5. The molecule has 0 saturated heterocycles. The Balaban J connectivity index is 0.000000254. The van der Waals surface area contributed by atoms with E-state index in [2.05, 4.69) is 15.4 Å². The van der Waals surface area contributed by atoms with Crippen LogP contribution in [0.15, 0.2) is 30.3 Å². The van der Waals surface area contributed by atoms with Gasteiger partial charge in [0.05, 0.1) is 13.5 Å². The Labute approximate surface area is 196 Å². The van der Waals surface area contributed by atoms with Crippen LogP contribution in [0.1, 0.15) is 76.2 Å². The van der Waals surface area contributed by atoms with Gasteiger partial charge in [-0.2, -0.15) is 0 Å². The van der Waals surface area contributed by atoms with E-state index in [1.54, 1.807) is 24.3 Å². The summed E-state index contributed by atoms with van der Waals surface area (Å²) in [5.74, 6) is -2.08. The number of carbonyl (C=O) groups is 3. The largest absolute Gasteiger partial charge is 0.481 e. The normalized spacial score (nSPS) is 17.7. The van der Waals surface area contributed by atoms with E-state index in [1.165, 1.54) is 64.2 Å². The molecule has 3 N–H and O–H groups in total. The minimum Gasteiger partial charge on any atom is -0.481 e. The van der Waals surface area contributed by atoms with Gasteiger partial charge in [-0.15, -0.1) is 0 Å². The summed E-state index contributed by atoms with van der Waals surface area (Å²) in [7, 11) is 1.11. The molecule has 1 amide bonds. The number of methoxy groups -OCH3 is 1. The number of benzene rings is 1. The zero-order chi connectivity index (χ0) is 23.9. The third-order valence-electron chi connectivity index (χ3n) is 6.05. The number of aliphatic carboxylic acids is 1. The summed E-state index contributed by atoms with van der Waals surface area (Å²) in [6, 6.07) is 9.40. The standard InChI is InChI=1S/C13H15NO6.C12H23N/c1-19-12(17)10(7-11(15)16)14-13(18)20-8-9-5-3-2-4-6-9;1-3-7-11(8-4-1)13-12-9-5-2-6-10-12/h2-6,10H,7-8H2,1H3,(H,14,18)(H,15,16);11-13H,1-10H2/t10-;/m0./s1. The van der Waals surface area contributed by atoms with Gasteiger partial charge in [0.15, 0.2) is 0 Å². The van der Waals surface area contributed by atoms with Crippen LogP contribution in [-0.4, -0.2) is 48.4 Å². The van der Waals surface area contributed by atoms with Crippen LogP contribution >= 0.6 is 0 Å². The molecule has 1 aromatic rings. The van der Waals surface area contributed by atoms with Crippen molar-refractivity contribution in [2.24, 2.45) is 0 Å². The molecule has 0 heterocycles. The van der Waals surface area contributed by atoms with E-state index in [9.17, 15) is 14.4 Å². The van der Waals surface area contributed by atoms with Gasteiger partial charge in [-0.05, 0) is 31.2 Å². The zero-order valence-electron chi connectivity index (χ0n) is 19.6. The predicted octanol–water partition coefficient (Wildman–Crippen LogP) is 4.17. The van der Waals surface area contributed by atoms with Gasteiger partial charge in [0.1, 0.15) is 12.6 Å². The lowest BCUT2D eigenvalue weighted by molar-refractivity contribution is -0.148. The molecule has 0 unspecified atom stereocenters. The maximum absolute atomic E-state index is 11.5. The molecule has 0 spiro atoms. The van der Waals surface area contributed by atoms with E-state index in [-0.39, 0.29) is 6.61 Å². The Kier molecular flexibility index (Phi) is 12.3. The molecule has 33 heavy (non-hydrogen) atoms. The lowest BCUT2D eigenvalue weighted by Gasteiger charge is -2.30. The lowest BCUT2D eigenvalue weighted by Crippen LogP contribution is -2.43. The number of amides is 1. The Bertz CT molecular complexity index is 699. The van der Waals surface area contributed by atoms with Crippen LogP contribution in [0.25, 0.3) is 0 Å². The van der Waals surface area contributed by atoms with Crippen molar-refractivity contribution in [1.82, 2.24) is 10.6 Å². The van der Waals surface area contributed by atoms with Crippen LogP contribution in [0, 0.1) is 0 Å². The SMILES string of the molecule is C1CCC(NC2CCCCC2)CC1.COC(=O)[C@H](CC(=O)O)NC(=O)OCc1ccccc1. The van der Waals surface area contributed by atoms with Crippen molar-refractivity contribution in [3.05, 3.63) is 35.9 Å². The molecule has 2 aliphatic rings. The molecule has 0 aliphatic heterocycles. The summed E-state index contributed by atoms with van der Waals surface area (Å²) in [6.45, 7) is 0.0215. The molecule has 1 aromatic carbocycles. The van der Waals surface area contributed by atoms with Crippen molar-refractivity contribution in [2.45, 2.75) is 95.4 Å². The van der Waals surface area contributed by atoms with Crippen molar-refractivity contribution < 1.29 is 29.0 Å². The number of carboxylic acid groups (broad SMARTS) is 1. The molecule has 0 bridgehead atoms. The van der Waals surface area contributed by atoms with Gasteiger partial charge in [-0.1, -0.05) is 68.9 Å². The molecule has 2 saturated carbocycles. The molecule has 8 heteroatoms. The van der Waals surface area contributed by atoms with Crippen LogP contribution in [0.4, 0.5) is 4.79 Å². The van der Waals surface area contributed by atoms with Crippen molar-refractivity contribution in [3.8, 4) is 0 Å². The first-order chi connectivity index (χ1) is 16.0. The van der Waals surface area contributed by atoms with Gasteiger partial charge in [-0.25, -0.2) is 9.59 Å². The fourth-order valence-electron chi connectivity index (χ4n) is 4.29. The summed E-state index contributed by atoms with van der Waals surface area (Å²) in [5.41, 5.74) is 0.774. The number of nitrogens with one attached hydrogen (secondary N) is 2. The summed E-state index contributed by atoms with van der Waals surface area (Å²) in [4.78, 5) is 33.4. The molecule has 1 atom stereocenters. The van der Waals surface area contributed by atoms with Gasteiger partial charge in [-0.3, -0.25) is 4.79 Å². The summed E-state index contributed by atoms with van der Waals surface area (Å²) in [5, 5.41) is 14.7. The van der Waals surface area contributed by atoms with E-state index < -0.39 is 30.5 Å². The highest BCUT2D eigenvalue weighted by molar-refractivity contribution is 5.85. The molecule has 8 nitrogen and oxygen atoms in total. The highest BCUT2D eigenvalue weighted by Crippen LogP contribution is 2.22. The van der Waals surface area contributed by atoms with Gasteiger partial charge < -0.3 is 25.2 Å². The third-order valence-corrected chi connectivity index (χ3v) is 6.05. The number of hydrogen-bond donors (Lipinski definition) is 3. The quantitative estimate of drug-likeness (QED) is 0.497. The smallest absolute Gasteiger partial charge is 0.408 e. The second-order valence-electron chi connectivity index (χ2n) is 8.72. The van der Waals surface area contributed by atoms with E-state index in [4.69, 9.17) is 9.84 Å². The molecule has 2 fully saturated rings. The highest BCUT2D eigenvalue weighted by atomic mass is 16.6. The van der Waals surface area contributed by atoms with Crippen LogP contribution < -0.4 is 10.6 Å². The zero-order valence-corrected chi connectivity index (χ0v) is 19.6. The Morgan fingerprint density at radius 2 is 1.48 bits per heavy atom. The first-order valence-corrected chi connectivity index (χ1v) is 12.0. The molecule has 3 rings (SSSR count). The van der Waals surface area contributed by atoms with Crippen LogP contribution in [0.5, 0.6) is 0 Å². The molecular formula is C25H38N2O6. The number of hydrogen-bond acceptors (Lipinski definition) is 6. The van der Waals surface area contributed by atoms with Crippen LogP contribution in [0.2, 0.25) is 0 Å². The minimum absolute atomic E-state index is 0.0215. The number of carbonyl (C=O) groups excluding carboxylic acids is 2. The van der Waals surface area contributed by atoms with Crippen molar-refractivity contribution in [3.63, 3.8) is 0 Å². The average molecular weight is 463 g/mol. The fraction of sp³-hybridized carbons (Fsp3) is 0.640. The first kappa shape index (κ1) is 26.6. The van der Waals surface area contributed by atoms with E-state index in [0.29, 0.717) is 0 Å². The van der Waals surface area contributed by atoms with Gasteiger partial charge in [0.25, 0.3) is 0 Å². The Hall–Kier alpha value is -2.61. The topological polar surface area (TPSA) is 114 Å². The second-order valence-corrected chi connectivity index (χ2v) is 8.72. The van der Waals surface area contributed by atoms with Crippen LogP contribution in [0.3, 0.4) is 0 Å². The number of carboxylic acids is 1. The average Bonchev–Trinajstić information content (AvgIpc) is 2.84. The van der Waals surface area contributed by atoms with E-state index in [1.807, 2.05) is 6.07 Å². The van der Waals surface area contributed by atoms with Gasteiger partial charge >= 0.3 is 18.0 Å². The monoisotopic (exact) mass is 462 g/mol. The summed E-state index contributed by atoms with van der Waals surface area (Å²) >= 11 is 0. The maximum Gasteiger partial charge on any atom is 0.408 e. The molecule has 2 aliphatic carbocycles. The van der Waals surface area contributed by atoms with Gasteiger partial charge in [0.2, 0.25) is 0 Å².